The number of rotatable bonds is 5. The first kappa shape index (κ1) is 11.0. The Labute approximate surface area is 81.2 Å². The van der Waals surface area contributed by atoms with Gasteiger partial charge in [-0.15, -0.1) is 0 Å². The molecule has 1 saturated heterocycles. The lowest BCUT2D eigenvalue weighted by atomic mass is 10.1. The molecule has 0 spiro atoms. The summed E-state index contributed by atoms with van der Waals surface area (Å²) < 4.78 is 5.57. The summed E-state index contributed by atoms with van der Waals surface area (Å²) in [6, 6.07) is 0. The highest BCUT2D eigenvalue weighted by Crippen LogP contribution is 2.13. The number of likely N-dealkylation sites (N-methyl/N-ethyl adjacent to an activating group) is 1. The van der Waals surface area contributed by atoms with Gasteiger partial charge in [-0.25, -0.2) is 0 Å². The van der Waals surface area contributed by atoms with Gasteiger partial charge in [0.2, 0.25) is 0 Å². The lowest BCUT2D eigenvalue weighted by Crippen LogP contribution is -2.34. The monoisotopic (exact) mass is 186 g/mol. The normalized spacial score (nSPS) is 25.4. The minimum absolute atomic E-state index is 0.468. The molecule has 13 heavy (non-hydrogen) atoms. The largest absolute Gasteiger partial charge is 0.377 e. The van der Waals surface area contributed by atoms with Crippen LogP contribution in [0.5, 0.6) is 0 Å². The number of nitrogens with zero attached hydrogens (tertiary/aromatic N) is 1. The third kappa shape index (κ3) is 4.07. The van der Waals surface area contributed by atoms with E-state index in [0.29, 0.717) is 12.0 Å². The SMILES string of the molecule is CC(CN)CN(C)CC1CCCO1. The van der Waals surface area contributed by atoms with Gasteiger partial charge < -0.3 is 15.4 Å². The molecule has 3 nitrogen and oxygen atoms in total. The van der Waals surface area contributed by atoms with Gasteiger partial charge in [0, 0.05) is 19.7 Å². The third-order valence-corrected chi connectivity index (χ3v) is 2.57. The molecule has 0 aromatic rings. The Kier molecular flexibility index (Phi) is 4.70. The van der Waals surface area contributed by atoms with Crippen molar-refractivity contribution < 1.29 is 4.74 Å². The van der Waals surface area contributed by atoms with Gasteiger partial charge in [0.05, 0.1) is 6.10 Å². The molecule has 1 aliphatic rings. The van der Waals surface area contributed by atoms with Gasteiger partial charge in [0.1, 0.15) is 0 Å². The zero-order valence-electron chi connectivity index (χ0n) is 8.83. The second kappa shape index (κ2) is 5.58. The second-order valence-corrected chi connectivity index (χ2v) is 4.20. The van der Waals surface area contributed by atoms with Gasteiger partial charge >= 0.3 is 0 Å². The molecule has 1 rings (SSSR count). The number of hydrogen-bond acceptors (Lipinski definition) is 3. The van der Waals surface area contributed by atoms with E-state index in [2.05, 4.69) is 18.9 Å². The average molecular weight is 186 g/mol. The second-order valence-electron chi connectivity index (χ2n) is 4.20. The fourth-order valence-electron chi connectivity index (χ4n) is 1.82. The van der Waals surface area contributed by atoms with Gasteiger partial charge in [-0.2, -0.15) is 0 Å². The molecule has 0 bridgehead atoms. The maximum Gasteiger partial charge on any atom is 0.0702 e. The molecule has 0 radical (unpaired) electrons. The maximum absolute atomic E-state index is 5.57. The molecule has 1 fully saturated rings. The van der Waals surface area contributed by atoms with Crippen molar-refractivity contribution in [3.8, 4) is 0 Å². The van der Waals surface area contributed by atoms with E-state index in [1.165, 1.54) is 12.8 Å². The van der Waals surface area contributed by atoms with Gasteiger partial charge in [-0.3, -0.25) is 0 Å². The van der Waals surface area contributed by atoms with Crippen LogP contribution in [0.2, 0.25) is 0 Å². The van der Waals surface area contributed by atoms with Crippen LogP contribution in [0.15, 0.2) is 0 Å². The Hall–Kier alpha value is -0.120. The molecule has 0 aromatic heterocycles. The molecule has 2 atom stereocenters. The summed E-state index contributed by atoms with van der Waals surface area (Å²) in [5, 5.41) is 0. The molecule has 0 aromatic carbocycles. The molecule has 0 saturated carbocycles. The fourth-order valence-corrected chi connectivity index (χ4v) is 1.82. The summed E-state index contributed by atoms with van der Waals surface area (Å²) in [7, 11) is 2.15. The Morgan fingerprint density at radius 1 is 1.62 bits per heavy atom. The minimum atomic E-state index is 0.468. The highest BCUT2D eigenvalue weighted by atomic mass is 16.5. The fraction of sp³-hybridized carbons (Fsp3) is 1.00. The molecule has 1 heterocycles. The van der Waals surface area contributed by atoms with Crippen molar-refractivity contribution in [1.82, 2.24) is 4.90 Å². The van der Waals surface area contributed by atoms with E-state index in [0.717, 1.165) is 26.2 Å². The van der Waals surface area contributed by atoms with Crippen LogP contribution in [-0.4, -0.2) is 44.3 Å². The summed E-state index contributed by atoms with van der Waals surface area (Å²) in [4.78, 5) is 2.33. The van der Waals surface area contributed by atoms with E-state index in [4.69, 9.17) is 10.5 Å². The molecule has 1 aliphatic heterocycles. The molecular formula is C10H22N2O. The molecule has 3 heteroatoms. The summed E-state index contributed by atoms with van der Waals surface area (Å²) in [6.45, 7) is 6.05. The van der Waals surface area contributed by atoms with E-state index in [-0.39, 0.29) is 0 Å². The summed E-state index contributed by atoms with van der Waals surface area (Å²) in [6.07, 6.45) is 2.92. The first-order valence-electron chi connectivity index (χ1n) is 5.22. The highest BCUT2D eigenvalue weighted by molar-refractivity contribution is 4.69. The first-order chi connectivity index (χ1) is 6.22. The topological polar surface area (TPSA) is 38.5 Å². The van der Waals surface area contributed by atoms with Crippen molar-refractivity contribution in [2.45, 2.75) is 25.9 Å². The van der Waals surface area contributed by atoms with Gasteiger partial charge in [-0.1, -0.05) is 6.92 Å². The molecule has 2 unspecified atom stereocenters. The molecule has 0 amide bonds. The maximum atomic E-state index is 5.57. The molecule has 0 aliphatic carbocycles. The van der Waals surface area contributed by atoms with Crippen LogP contribution in [0.1, 0.15) is 19.8 Å². The van der Waals surface area contributed by atoms with Gasteiger partial charge in [0.25, 0.3) is 0 Å². The van der Waals surface area contributed by atoms with E-state index in [9.17, 15) is 0 Å². The van der Waals surface area contributed by atoms with E-state index >= 15 is 0 Å². The van der Waals surface area contributed by atoms with Crippen LogP contribution in [0.4, 0.5) is 0 Å². The van der Waals surface area contributed by atoms with E-state index < -0.39 is 0 Å². The Balaban J connectivity index is 2.12. The highest BCUT2D eigenvalue weighted by Gasteiger charge is 2.17. The lowest BCUT2D eigenvalue weighted by molar-refractivity contribution is 0.0777. The molecule has 2 N–H and O–H groups in total. The smallest absolute Gasteiger partial charge is 0.0702 e. The van der Waals surface area contributed by atoms with Crippen molar-refractivity contribution in [1.29, 1.82) is 0 Å². The van der Waals surface area contributed by atoms with Crippen LogP contribution in [0.3, 0.4) is 0 Å². The van der Waals surface area contributed by atoms with Crippen molar-refractivity contribution in [2.75, 3.05) is 33.3 Å². The third-order valence-electron chi connectivity index (χ3n) is 2.57. The zero-order valence-corrected chi connectivity index (χ0v) is 8.83. The number of nitrogens with two attached hydrogens (primary N) is 1. The van der Waals surface area contributed by atoms with E-state index in [1.807, 2.05) is 0 Å². The Morgan fingerprint density at radius 2 is 2.38 bits per heavy atom. The standard InChI is InChI=1S/C10H22N2O/c1-9(6-11)7-12(2)8-10-4-3-5-13-10/h9-10H,3-8,11H2,1-2H3. The molecule has 78 valence electrons. The summed E-state index contributed by atoms with van der Waals surface area (Å²) in [5.41, 5.74) is 5.57. The van der Waals surface area contributed by atoms with Gasteiger partial charge in [-0.05, 0) is 32.4 Å². The Bertz CT molecular complexity index is 135. The zero-order chi connectivity index (χ0) is 9.68. The van der Waals surface area contributed by atoms with Crippen LogP contribution in [-0.2, 0) is 4.74 Å². The minimum Gasteiger partial charge on any atom is -0.377 e. The average Bonchev–Trinajstić information content (AvgIpc) is 2.56. The van der Waals surface area contributed by atoms with Crippen molar-refractivity contribution >= 4 is 0 Å². The Morgan fingerprint density at radius 3 is 2.92 bits per heavy atom. The summed E-state index contributed by atoms with van der Waals surface area (Å²) in [5.74, 6) is 0.589. The van der Waals surface area contributed by atoms with E-state index in [1.54, 1.807) is 0 Å². The lowest BCUT2D eigenvalue weighted by Gasteiger charge is -2.23. The number of ether oxygens (including phenoxy) is 1. The molecular weight excluding hydrogens is 164 g/mol. The van der Waals surface area contributed by atoms with Crippen molar-refractivity contribution in [3.63, 3.8) is 0 Å². The van der Waals surface area contributed by atoms with Gasteiger partial charge in [0.15, 0.2) is 0 Å². The van der Waals surface area contributed by atoms with Crippen LogP contribution in [0.25, 0.3) is 0 Å². The quantitative estimate of drug-likeness (QED) is 0.686. The van der Waals surface area contributed by atoms with Crippen LogP contribution < -0.4 is 5.73 Å². The van der Waals surface area contributed by atoms with Crippen LogP contribution >= 0.6 is 0 Å². The first-order valence-corrected chi connectivity index (χ1v) is 5.22. The number of hydrogen-bond donors (Lipinski definition) is 1. The predicted molar refractivity (Wildman–Crippen MR) is 54.7 cm³/mol. The van der Waals surface area contributed by atoms with Crippen molar-refractivity contribution in [3.05, 3.63) is 0 Å². The van der Waals surface area contributed by atoms with Crippen molar-refractivity contribution in [2.24, 2.45) is 11.7 Å². The van der Waals surface area contributed by atoms with Crippen LogP contribution in [0, 0.1) is 5.92 Å². The predicted octanol–water partition coefficient (Wildman–Crippen LogP) is 0.692. The summed E-state index contributed by atoms with van der Waals surface area (Å²) >= 11 is 0.